The fraction of sp³-hybridized carbons (Fsp3) is 0.250. The van der Waals surface area contributed by atoms with E-state index in [1.807, 2.05) is 30.0 Å². The first-order valence-electron chi connectivity index (χ1n) is 6.58. The molecule has 0 bridgehead atoms. The first kappa shape index (κ1) is 15.6. The molecule has 112 valence electrons. The fourth-order valence-electron chi connectivity index (χ4n) is 2.11. The maximum Gasteiger partial charge on any atom is 0.272 e. The molecule has 1 aliphatic rings. The highest BCUT2D eigenvalue weighted by Crippen LogP contribution is 2.32. The summed E-state index contributed by atoms with van der Waals surface area (Å²) in [6.45, 7) is 6.11. The van der Waals surface area contributed by atoms with Gasteiger partial charge in [0.25, 0.3) is 6.43 Å². The van der Waals surface area contributed by atoms with Crippen LogP contribution in [0.2, 0.25) is 0 Å². The van der Waals surface area contributed by atoms with Crippen LogP contribution < -0.4 is 4.74 Å². The maximum atomic E-state index is 12.1. The van der Waals surface area contributed by atoms with Gasteiger partial charge in [0.05, 0.1) is 10.7 Å². The van der Waals surface area contributed by atoms with Crippen molar-refractivity contribution in [2.45, 2.75) is 13.3 Å². The average Bonchev–Trinajstić information content (AvgIpc) is 2.48. The molecule has 1 heterocycles. The first-order valence-corrected chi connectivity index (χ1v) is 6.96. The van der Waals surface area contributed by atoms with Gasteiger partial charge < -0.3 is 9.64 Å². The van der Waals surface area contributed by atoms with Gasteiger partial charge in [-0.15, -0.1) is 0 Å². The summed E-state index contributed by atoms with van der Waals surface area (Å²) in [6.07, 6.45) is 1.24. The van der Waals surface area contributed by atoms with Gasteiger partial charge in [-0.1, -0.05) is 18.2 Å². The van der Waals surface area contributed by atoms with Crippen LogP contribution in [0.4, 0.5) is 8.78 Å². The molecule has 0 unspecified atom stereocenters. The number of ether oxygens (including phenoxy) is 1. The van der Waals surface area contributed by atoms with E-state index in [1.54, 1.807) is 18.2 Å². The first-order chi connectivity index (χ1) is 10.0. The SMILES string of the molecule is C=C1C(Cl)=CC=C(c2ccc(OCC(F)F)cc2)N1CC. The number of hydrogen-bond acceptors (Lipinski definition) is 2. The van der Waals surface area contributed by atoms with Crippen molar-refractivity contribution in [2.75, 3.05) is 13.2 Å². The van der Waals surface area contributed by atoms with Gasteiger partial charge in [-0.3, -0.25) is 0 Å². The van der Waals surface area contributed by atoms with Gasteiger partial charge in [0, 0.05) is 12.2 Å². The van der Waals surface area contributed by atoms with Crippen LogP contribution in [0, 0.1) is 0 Å². The van der Waals surface area contributed by atoms with Gasteiger partial charge in [0.2, 0.25) is 0 Å². The van der Waals surface area contributed by atoms with Crippen molar-refractivity contribution in [3.05, 3.63) is 59.3 Å². The van der Waals surface area contributed by atoms with Crippen molar-refractivity contribution < 1.29 is 13.5 Å². The van der Waals surface area contributed by atoms with Crippen molar-refractivity contribution in [2.24, 2.45) is 0 Å². The Morgan fingerprint density at radius 1 is 1.24 bits per heavy atom. The van der Waals surface area contributed by atoms with Gasteiger partial charge in [-0.25, -0.2) is 8.78 Å². The van der Waals surface area contributed by atoms with Gasteiger partial charge in [0.15, 0.2) is 0 Å². The zero-order valence-corrected chi connectivity index (χ0v) is 12.4. The van der Waals surface area contributed by atoms with Crippen molar-refractivity contribution in [3.8, 4) is 5.75 Å². The predicted octanol–water partition coefficient (Wildman–Crippen LogP) is 4.64. The molecular formula is C16H16ClF2NO. The molecule has 21 heavy (non-hydrogen) atoms. The van der Waals surface area contributed by atoms with Crippen molar-refractivity contribution in [1.29, 1.82) is 0 Å². The lowest BCUT2D eigenvalue weighted by Crippen LogP contribution is -2.22. The summed E-state index contributed by atoms with van der Waals surface area (Å²) >= 11 is 6.07. The highest BCUT2D eigenvalue weighted by atomic mass is 35.5. The minimum absolute atomic E-state index is 0.422. The quantitative estimate of drug-likeness (QED) is 0.785. The lowest BCUT2D eigenvalue weighted by Gasteiger charge is -2.30. The van der Waals surface area contributed by atoms with Gasteiger partial charge >= 0.3 is 0 Å². The molecule has 1 aromatic carbocycles. The Labute approximate surface area is 128 Å². The number of nitrogens with zero attached hydrogens (tertiary/aromatic N) is 1. The number of hydrogen-bond donors (Lipinski definition) is 0. The lowest BCUT2D eigenvalue weighted by molar-refractivity contribution is 0.0819. The zero-order valence-electron chi connectivity index (χ0n) is 11.7. The summed E-state index contributed by atoms with van der Waals surface area (Å²) in [7, 11) is 0. The maximum absolute atomic E-state index is 12.1. The number of rotatable bonds is 5. The molecule has 1 aliphatic heterocycles. The predicted molar refractivity (Wildman–Crippen MR) is 81.4 cm³/mol. The van der Waals surface area contributed by atoms with E-state index in [4.69, 9.17) is 16.3 Å². The third-order valence-electron chi connectivity index (χ3n) is 3.12. The zero-order chi connectivity index (χ0) is 15.4. The van der Waals surface area contributed by atoms with Crippen molar-refractivity contribution in [1.82, 2.24) is 4.90 Å². The van der Waals surface area contributed by atoms with Crippen LogP contribution in [-0.2, 0) is 0 Å². The Morgan fingerprint density at radius 2 is 1.90 bits per heavy atom. The molecule has 2 nitrogen and oxygen atoms in total. The Hall–Kier alpha value is -1.81. The number of alkyl halides is 2. The smallest absolute Gasteiger partial charge is 0.272 e. The number of benzene rings is 1. The largest absolute Gasteiger partial charge is 0.488 e. The van der Waals surface area contributed by atoms with Gasteiger partial charge in [-0.05, 0) is 48.9 Å². The second-order valence-electron chi connectivity index (χ2n) is 4.48. The van der Waals surface area contributed by atoms with E-state index in [2.05, 4.69) is 6.58 Å². The Balaban J connectivity index is 2.19. The van der Waals surface area contributed by atoms with E-state index in [1.165, 1.54) is 0 Å². The molecule has 0 saturated carbocycles. The standard InChI is InChI=1S/C16H16ClF2NO/c1-3-20-11(2)14(17)8-9-15(20)12-4-6-13(7-5-12)21-10-16(18)19/h4-9,16H,2-3,10H2,1H3. The molecule has 0 saturated heterocycles. The molecule has 2 rings (SSSR count). The third kappa shape index (κ3) is 3.64. The number of likely N-dealkylation sites (N-methyl/N-ethyl adjacent to an activating group) is 1. The summed E-state index contributed by atoms with van der Waals surface area (Å²) in [5, 5.41) is 0.609. The summed E-state index contributed by atoms with van der Waals surface area (Å²) < 4.78 is 29.2. The molecule has 5 heteroatoms. The Bertz CT molecular complexity index is 578. The molecule has 0 aliphatic carbocycles. The Morgan fingerprint density at radius 3 is 2.48 bits per heavy atom. The molecule has 0 atom stereocenters. The van der Waals surface area contributed by atoms with Crippen LogP contribution in [-0.4, -0.2) is 24.5 Å². The number of allylic oxidation sites excluding steroid dienone is 3. The minimum atomic E-state index is -2.48. The topological polar surface area (TPSA) is 12.5 Å². The van der Waals surface area contributed by atoms with Gasteiger partial charge in [-0.2, -0.15) is 0 Å². The Kier molecular flexibility index (Phi) is 5.02. The molecule has 0 aromatic heterocycles. The third-order valence-corrected chi connectivity index (χ3v) is 3.47. The van der Waals surface area contributed by atoms with Crippen LogP contribution in [0.5, 0.6) is 5.75 Å². The van der Waals surface area contributed by atoms with E-state index < -0.39 is 13.0 Å². The summed E-state index contributed by atoms with van der Waals surface area (Å²) in [4.78, 5) is 2.00. The van der Waals surface area contributed by atoms with Gasteiger partial charge in [0.1, 0.15) is 12.4 Å². The minimum Gasteiger partial charge on any atom is -0.488 e. The molecule has 0 spiro atoms. The van der Waals surface area contributed by atoms with Crippen molar-refractivity contribution >= 4 is 17.3 Å². The lowest BCUT2D eigenvalue weighted by atomic mass is 10.1. The van der Waals surface area contributed by atoms with Crippen LogP contribution in [0.1, 0.15) is 12.5 Å². The molecular weight excluding hydrogens is 296 g/mol. The molecule has 0 N–H and O–H groups in total. The van der Waals surface area contributed by atoms with Crippen LogP contribution in [0.15, 0.2) is 53.7 Å². The normalized spacial score (nSPS) is 15.1. The van der Waals surface area contributed by atoms with Crippen LogP contribution >= 0.6 is 11.6 Å². The highest BCUT2D eigenvalue weighted by molar-refractivity contribution is 6.32. The number of halogens is 3. The summed E-state index contributed by atoms with van der Waals surface area (Å²) in [6, 6.07) is 7.01. The second kappa shape index (κ2) is 6.76. The molecule has 0 fully saturated rings. The highest BCUT2D eigenvalue weighted by Gasteiger charge is 2.18. The second-order valence-corrected chi connectivity index (χ2v) is 4.89. The summed E-state index contributed by atoms with van der Waals surface area (Å²) in [5.74, 6) is 0.422. The average molecular weight is 312 g/mol. The van der Waals surface area contributed by atoms with Crippen LogP contribution in [0.3, 0.4) is 0 Å². The van der Waals surface area contributed by atoms with E-state index in [0.29, 0.717) is 10.8 Å². The van der Waals surface area contributed by atoms with E-state index >= 15 is 0 Å². The van der Waals surface area contributed by atoms with Crippen LogP contribution in [0.25, 0.3) is 5.70 Å². The molecule has 0 radical (unpaired) electrons. The van der Waals surface area contributed by atoms with E-state index in [0.717, 1.165) is 23.5 Å². The van der Waals surface area contributed by atoms with E-state index in [-0.39, 0.29) is 0 Å². The monoisotopic (exact) mass is 311 g/mol. The molecule has 0 amide bonds. The van der Waals surface area contributed by atoms with E-state index in [9.17, 15) is 8.78 Å². The van der Waals surface area contributed by atoms with Crippen molar-refractivity contribution in [3.63, 3.8) is 0 Å². The fourth-order valence-corrected chi connectivity index (χ4v) is 2.27. The summed E-state index contributed by atoms with van der Waals surface area (Å²) in [5.41, 5.74) is 2.66. The molecule has 1 aromatic rings.